The first-order valence-corrected chi connectivity index (χ1v) is 7.40. The minimum absolute atomic E-state index is 0.0424. The Morgan fingerprint density at radius 2 is 2.33 bits per heavy atom. The van der Waals surface area contributed by atoms with Crippen molar-refractivity contribution in [2.75, 3.05) is 24.5 Å². The first kappa shape index (κ1) is 15.3. The van der Waals surface area contributed by atoms with Gasteiger partial charge in [0.2, 0.25) is 5.91 Å². The maximum absolute atomic E-state index is 12.1. The van der Waals surface area contributed by atoms with Gasteiger partial charge < -0.3 is 16.0 Å². The minimum Gasteiger partial charge on any atom is -0.370 e. The fraction of sp³-hybridized carbons (Fsp3) is 0.533. The van der Waals surface area contributed by atoms with E-state index in [0.29, 0.717) is 18.7 Å². The molecule has 1 aromatic heterocycles. The van der Waals surface area contributed by atoms with E-state index >= 15 is 0 Å². The average molecular weight is 290 g/mol. The van der Waals surface area contributed by atoms with Crippen molar-refractivity contribution in [2.24, 2.45) is 11.7 Å². The number of nitrogens with one attached hydrogen (secondary N) is 1. The lowest BCUT2D eigenvalue weighted by Gasteiger charge is -2.34. The molecule has 21 heavy (non-hydrogen) atoms. The number of rotatable bonds is 5. The molecule has 6 nitrogen and oxygen atoms in total. The Hall–Kier alpha value is -2.11. The molecule has 1 aliphatic rings. The molecule has 3 N–H and O–H groups in total. The van der Waals surface area contributed by atoms with Gasteiger partial charge in [-0.2, -0.15) is 0 Å². The number of hydrogen-bond donors (Lipinski definition) is 2. The first-order chi connectivity index (χ1) is 10.1. The number of aromatic nitrogens is 1. The molecule has 1 aliphatic heterocycles. The summed E-state index contributed by atoms with van der Waals surface area (Å²) in [6.07, 6.45) is 5.85. The SMILES string of the molecule is CCCNC(=O)C1CCCN(c2ccncc2C(N)=O)C1. The molecule has 1 aromatic rings. The van der Waals surface area contributed by atoms with Crippen LogP contribution in [0.4, 0.5) is 5.69 Å². The molecule has 1 unspecified atom stereocenters. The molecule has 2 heterocycles. The van der Waals surface area contributed by atoms with Crippen LogP contribution in [0.15, 0.2) is 18.5 Å². The molecule has 0 radical (unpaired) electrons. The number of nitrogens with zero attached hydrogens (tertiary/aromatic N) is 2. The Labute approximate surface area is 124 Å². The van der Waals surface area contributed by atoms with E-state index in [1.165, 1.54) is 6.20 Å². The second kappa shape index (κ2) is 7.06. The molecule has 114 valence electrons. The summed E-state index contributed by atoms with van der Waals surface area (Å²) in [6.45, 7) is 4.17. The summed E-state index contributed by atoms with van der Waals surface area (Å²) in [5.74, 6) is -0.439. The quantitative estimate of drug-likeness (QED) is 0.844. The molecule has 6 heteroatoms. The smallest absolute Gasteiger partial charge is 0.252 e. The van der Waals surface area contributed by atoms with E-state index in [4.69, 9.17) is 5.73 Å². The van der Waals surface area contributed by atoms with Gasteiger partial charge in [0.25, 0.3) is 5.91 Å². The summed E-state index contributed by atoms with van der Waals surface area (Å²) < 4.78 is 0. The summed E-state index contributed by atoms with van der Waals surface area (Å²) in [7, 11) is 0. The summed E-state index contributed by atoms with van der Waals surface area (Å²) in [4.78, 5) is 29.6. The van der Waals surface area contributed by atoms with Crippen LogP contribution in [0.2, 0.25) is 0 Å². The van der Waals surface area contributed by atoms with E-state index in [-0.39, 0.29) is 11.8 Å². The molecule has 2 rings (SSSR count). The molecule has 0 aromatic carbocycles. The lowest BCUT2D eigenvalue weighted by atomic mass is 9.96. The number of anilines is 1. The predicted octanol–water partition coefficient (Wildman–Crippen LogP) is 0.923. The van der Waals surface area contributed by atoms with Crippen molar-refractivity contribution in [3.63, 3.8) is 0 Å². The highest BCUT2D eigenvalue weighted by atomic mass is 16.2. The van der Waals surface area contributed by atoms with Gasteiger partial charge >= 0.3 is 0 Å². The van der Waals surface area contributed by atoms with Gasteiger partial charge in [0.15, 0.2) is 0 Å². The van der Waals surface area contributed by atoms with Crippen molar-refractivity contribution in [2.45, 2.75) is 26.2 Å². The van der Waals surface area contributed by atoms with E-state index in [1.54, 1.807) is 12.3 Å². The van der Waals surface area contributed by atoms with Crippen molar-refractivity contribution >= 4 is 17.5 Å². The van der Waals surface area contributed by atoms with E-state index in [2.05, 4.69) is 15.2 Å². The summed E-state index contributed by atoms with van der Waals surface area (Å²) >= 11 is 0. The average Bonchev–Trinajstić information content (AvgIpc) is 2.52. The third kappa shape index (κ3) is 3.71. The molecule has 0 bridgehead atoms. The van der Waals surface area contributed by atoms with Gasteiger partial charge in [0.1, 0.15) is 0 Å². The highest BCUT2D eigenvalue weighted by molar-refractivity contribution is 5.98. The normalized spacial score (nSPS) is 18.3. The van der Waals surface area contributed by atoms with E-state index in [1.807, 2.05) is 6.92 Å². The molecular weight excluding hydrogens is 268 g/mol. The third-order valence-corrected chi connectivity index (χ3v) is 3.75. The Kier molecular flexibility index (Phi) is 5.14. The number of carbonyl (C=O) groups is 2. The highest BCUT2D eigenvalue weighted by Gasteiger charge is 2.27. The predicted molar refractivity (Wildman–Crippen MR) is 81.0 cm³/mol. The standard InChI is InChI=1S/C15H22N4O2/c1-2-6-18-15(21)11-4-3-8-19(10-11)13-5-7-17-9-12(13)14(16)20/h5,7,9,11H,2-4,6,8,10H2,1H3,(H2,16,20)(H,18,21). The topological polar surface area (TPSA) is 88.3 Å². The van der Waals surface area contributed by atoms with Crippen LogP contribution < -0.4 is 16.0 Å². The van der Waals surface area contributed by atoms with Crippen LogP contribution in [0, 0.1) is 5.92 Å². The minimum atomic E-state index is -0.490. The molecule has 2 amide bonds. The zero-order chi connectivity index (χ0) is 15.2. The lowest BCUT2D eigenvalue weighted by Crippen LogP contribution is -2.43. The van der Waals surface area contributed by atoms with Crippen molar-refractivity contribution in [1.82, 2.24) is 10.3 Å². The van der Waals surface area contributed by atoms with Gasteiger partial charge in [-0.3, -0.25) is 14.6 Å². The van der Waals surface area contributed by atoms with Crippen LogP contribution >= 0.6 is 0 Å². The highest BCUT2D eigenvalue weighted by Crippen LogP contribution is 2.25. The largest absolute Gasteiger partial charge is 0.370 e. The maximum atomic E-state index is 12.1. The van der Waals surface area contributed by atoms with Crippen molar-refractivity contribution in [3.05, 3.63) is 24.0 Å². The van der Waals surface area contributed by atoms with Gasteiger partial charge in [-0.15, -0.1) is 0 Å². The molecule has 1 atom stereocenters. The van der Waals surface area contributed by atoms with Crippen LogP contribution in [-0.2, 0) is 4.79 Å². The molecule has 1 saturated heterocycles. The second-order valence-corrected chi connectivity index (χ2v) is 5.33. The van der Waals surface area contributed by atoms with Crippen LogP contribution in [0.3, 0.4) is 0 Å². The molecule has 0 aliphatic carbocycles. The Balaban J connectivity index is 2.11. The van der Waals surface area contributed by atoms with Crippen LogP contribution in [-0.4, -0.2) is 36.4 Å². The monoisotopic (exact) mass is 290 g/mol. The molecule has 0 spiro atoms. The number of piperidine rings is 1. The Morgan fingerprint density at radius 1 is 1.52 bits per heavy atom. The van der Waals surface area contributed by atoms with Gasteiger partial charge in [-0.1, -0.05) is 6.92 Å². The van der Waals surface area contributed by atoms with Crippen molar-refractivity contribution < 1.29 is 9.59 Å². The number of nitrogens with two attached hydrogens (primary N) is 1. The van der Waals surface area contributed by atoms with Gasteiger partial charge in [0.05, 0.1) is 17.2 Å². The van der Waals surface area contributed by atoms with Crippen molar-refractivity contribution in [3.8, 4) is 0 Å². The summed E-state index contributed by atoms with van der Waals surface area (Å²) in [6, 6.07) is 1.78. The number of pyridine rings is 1. The summed E-state index contributed by atoms with van der Waals surface area (Å²) in [5.41, 5.74) is 6.57. The number of carbonyl (C=O) groups excluding carboxylic acids is 2. The third-order valence-electron chi connectivity index (χ3n) is 3.75. The Bertz CT molecular complexity index is 518. The lowest BCUT2D eigenvalue weighted by molar-refractivity contribution is -0.125. The fourth-order valence-corrected chi connectivity index (χ4v) is 2.66. The van der Waals surface area contributed by atoms with Gasteiger partial charge in [-0.05, 0) is 25.3 Å². The van der Waals surface area contributed by atoms with E-state index in [9.17, 15) is 9.59 Å². The van der Waals surface area contributed by atoms with Crippen LogP contribution in [0.1, 0.15) is 36.5 Å². The first-order valence-electron chi connectivity index (χ1n) is 7.40. The fourth-order valence-electron chi connectivity index (χ4n) is 2.66. The van der Waals surface area contributed by atoms with Crippen molar-refractivity contribution in [1.29, 1.82) is 0 Å². The van der Waals surface area contributed by atoms with E-state index in [0.717, 1.165) is 31.5 Å². The molecule has 1 fully saturated rings. The van der Waals surface area contributed by atoms with E-state index < -0.39 is 5.91 Å². The van der Waals surface area contributed by atoms with Crippen LogP contribution in [0.5, 0.6) is 0 Å². The molecule has 0 saturated carbocycles. The number of primary amides is 1. The van der Waals surface area contributed by atoms with Gasteiger partial charge in [0, 0.05) is 32.0 Å². The van der Waals surface area contributed by atoms with Gasteiger partial charge in [-0.25, -0.2) is 0 Å². The van der Waals surface area contributed by atoms with Crippen LogP contribution in [0.25, 0.3) is 0 Å². The number of hydrogen-bond acceptors (Lipinski definition) is 4. The Morgan fingerprint density at radius 3 is 3.05 bits per heavy atom. The molecular formula is C15H22N4O2. The number of amides is 2. The maximum Gasteiger partial charge on any atom is 0.252 e. The second-order valence-electron chi connectivity index (χ2n) is 5.33. The summed E-state index contributed by atoms with van der Waals surface area (Å²) in [5, 5.41) is 2.94. The zero-order valence-corrected chi connectivity index (χ0v) is 12.3. The zero-order valence-electron chi connectivity index (χ0n) is 12.3.